The molecular weight excluding hydrogens is 446 g/mol. The molecule has 0 unspecified atom stereocenters. The van der Waals surface area contributed by atoms with Crippen molar-refractivity contribution in [1.82, 2.24) is 14.5 Å². The third kappa shape index (κ3) is 2.44. The first-order chi connectivity index (χ1) is 17.1. The maximum absolute atomic E-state index is 4.58. The Labute approximate surface area is 206 Å². The summed E-state index contributed by atoms with van der Waals surface area (Å²) in [6, 6.07) is 29.2. The SMILES string of the molecule is CC1(C)c2ccccc2-c2cc3c4ccccc4n(-c4ccc5c(c4)sc4nccnc45)c3cc21. The van der Waals surface area contributed by atoms with Gasteiger partial charge in [0.1, 0.15) is 10.3 Å². The van der Waals surface area contributed by atoms with Crippen LogP contribution in [0.25, 0.3) is 59.1 Å². The third-order valence-electron chi connectivity index (χ3n) is 7.73. The maximum atomic E-state index is 4.58. The summed E-state index contributed by atoms with van der Waals surface area (Å²) in [7, 11) is 0. The van der Waals surface area contributed by atoms with Crippen LogP contribution in [0.1, 0.15) is 25.0 Å². The second-order valence-electron chi connectivity index (χ2n) is 9.93. The summed E-state index contributed by atoms with van der Waals surface area (Å²) in [6.07, 6.45) is 3.54. The fourth-order valence-electron chi connectivity index (χ4n) is 6.06. The number of benzene rings is 4. The van der Waals surface area contributed by atoms with Crippen molar-refractivity contribution in [1.29, 1.82) is 0 Å². The minimum absolute atomic E-state index is 0.0336. The van der Waals surface area contributed by atoms with Gasteiger partial charge < -0.3 is 4.57 Å². The summed E-state index contributed by atoms with van der Waals surface area (Å²) >= 11 is 1.71. The molecule has 166 valence electrons. The Morgan fingerprint density at radius 1 is 0.686 bits per heavy atom. The lowest BCUT2D eigenvalue weighted by Gasteiger charge is -2.21. The minimum atomic E-state index is -0.0336. The molecular formula is C31H21N3S. The first kappa shape index (κ1) is 19.3. The second-order valence-corrected chi connectivity index (χ2v) is 11.0. The summed E-state index contributed by atoms with van der Waals surface area (Å²) in [6.45, 7) is 4.69. The average molecular weight is 468 g/mol. The number of hydrogen-bond acceptors (Lipinski definition) is 3. The van der Waals surface area contributed by atoms with Crippen molar-refractivity contribution in [3.63, 3.8) is 0 Å². The van der Waals surface area contributed by atoms with E-state index in [0.717, 1.165) is 10.3 Å². The van der Waals surface area contributed by atoms with Gasteiger partial charge in [-0.2, -0.15) is 0 Å². The van der Waals surface area contributed by atoms with E-state index in [2.05, 4.69) is 107 Å². The second kappa shape index (κ2) is 6.55. The molecule has 7 aromatic rings. The van der Waals surface area contributed by atoms with Crippen LogP contribution in [-0.2, 0) is 5.41 Å². The van der Waals surface area contributed by atoms with E-state index in [1.54, 1.807) is 23.7 Å². The normalized spacial score (nSPS) is 14.2. The van der Waals surface area contributed by atoms with E-state index in [1.807, 2.05) is 0 Å². The summed E-state index contributed by atoms with van der Waals surface area (Å²) in [5.74, 6) is 0. The van der Waals surface area contributed by atoms with Crippen LogP contribution in [0, 0.1) is 0 Å². The average Bonchev–Trinajstić information content (AvgIpc) is 3.49. The van der Waals surface area contributed by atoms with Crippen LogP contribution in [0.2, 0.25) is 0 Å². The Hall–Kier alpha value is -4.02. The van der Waals surface area contributed by atoms with E-state index >= 15 is 0 Å². The molecule has 0 radical (unpaired) electrons. The number of para-hydroxylation sites is 1. The largest absolute Gasteiger partial charge is 0.309 e. The topological polar surface area (TPSA) is 30.7 Å². The van der Waals surface area contributed by atoms with E-state index < -0.39 is 0 Å². The molecule has 0 N–H and O–H groups in total. The zero-order valence-electron chi connectivity index (χ0n) is 19.4. The van der Waals surface area contributed by atoms with Crippen molar-refractivity contribution in [2.45, 2.75) is 19.3 Å². The van der Waals surface area contributed by atoms with Crippen LogP contribution in [-0.4, -0.2) is 14.5 Å². The van der Waals surface area contributed by atoms with Gasteiger partial charge in [0.05, 0.1) is 11.0 Å². The highest BCUT2D eigenvalue weighted by molar-refractivity contribution is 7.25. The predicted molar refractivity (Wildman–Crippen MR) is 147 cm³/mol. The number of thiophene rings is 1. The number of fused-ring (bicyclic) bond motifs is 9. The van der Waals surface area contributed by atoms with Crippen LogP contribution < -0.4 is 0 Å². The monoisotopic (exact) mass is 467 g/mol. The Bertz CT molecular complexity index is 1990. The Kier molecular flexibility index (Phi) is 3.61. The van der Waals surface area contributed by atoms with Gasteiger partial charge in [-0.15, -0.1) is 11.3 Å². The summed E-state index contributed by atoms with van der Waals surface area (Å²) in [5, 5.41) is 3.75. The van der Waals surface area contributed by atoms with Crippen molar-refractivity contribution >= 4 is 53.6 Å². The van der Waals surface area contributed by atoms with E-state index in [-0.39, 0.29) is 5.41 Å². The van der Waals surface area contributed by atoms with Gasteiger partial charge in [-0.05, 0) is 58.7 Å². The van der Waals surface area contributed by atoms with E-state index in [0.29, 0.717) is 0 Å². The molecule has 0 saturated carbocycles. The highest BCUT2D eigenvalue weighted by Crippen LogP contribution is 2.51. The lowest BCUT2D eigenvalue weighted by molar-refractivity contribution is 0.661. The molecule has 35 heavy (non-hydrogen) atoms. The lowest BCUT2D eigenvalue weighted by Crippen LogP contribution is -2.14. The molecule has 1 aliphatic carbocycles. The van der Waals surface area contributed by atoms with Gasteiger partial charge in [0.25, 0.3) is 0 Å². The van der Waals surface area contributed by atoms with Gasteiger partial charge in [-0.3, -0.25) is 4.98 Å². The standard InChI is InChI=1S/C31H21N3S/c1-31(2)24-9-5-3-7-19(24)22-16-23-20-8-4-6-10-26(20)34(27(23)17-25(22)31)18-11-12-21-28(15-18)35-30-29(21)32-13-14-33-30/h3-17H,1-2H3. The summed E-state index contributed by atoms with van der Waals surface area (Å²) in [5.41, 5.74) is 10.1. The van der Waals surface area contributed by atoms with Crippen molar-refractivity contribution in [2.24, 2.45) is 0 Å². The van der Waals surface area contributed by atoms with Crippen molar-refractivity contribution < 1.29 is 0 Å². The van der Waals surface area contributed by atoms with Crippen LogP contribution in [0.3, 0.4) is 0 Å². The summed E-state index contributed by atoms with van der Waals surface area (Å²) < 4.78 is 3.64. The minimum Gasteiger partial charge on any atom is -0.309 e. The molecule has 8 rings (SSSR count). The van der Waals surface area contributed by atoms with Crippen LogP contribution in [0.4, 0.5) is 0 Å². The van der Waals surface area contributed by atoms with Crippen LogP contribution in [0.5, 0.6) is 0 Å². The van der Waals surface area contributed by atoms with Gasteiger partial charge in [-0.25, -0.2) is 4.98 Å². The quantitative estimate of drug-likeness (QED) is 0.243. The highest BCUT2D eigenvalue weighted by Gasteiger charge is 2.36. The Morgan fingerprint density at radius 3 is 2.46 bits per heavy atom. The first-order valence-electron chi connectivity index (χ1n) is 11.9. The molecule has 3 aromatic heterocycles. The smallest absolute Gasteiger partial charge is 0.143 e. The Morgan fingerprint density at radius 2 is 1.51 bits per heavy atom. The maximum Gasteiger partial charge on any atom is 0.143 e. The van der Waals surface area contributed by atoms with Gasteiger partial charge in [0.2, 0.25) is 0 Å². The molecule has 4 aromatic carbocycles. The van der Waals surface area contributed by atoms with Gasteiger partial charge in [0, 0.05) is 44.4 Å². The molecule has 0 fully saturated rings. The van der Waals surface area contributed by atoms with E-state index in [4.69, 9.17) is 0 Å². The number of rotatable bonds is 1. The highest BCUT2D eigenvalue weighted by atomic mass is 32.1. The molecule has 4 heteroatoms. The fraction of sp³-hybridized carbons (Fsp3) is 0.0968. The van der Waals surface area contributed by atoms with Gasteiger partial charge in [0.15, 0.2) is 0 Å². The molecule has 3 nitrogen and oxygen atoms in total. The number of hydrogen-bond donors (Lipinski definition) is 0. The van der Waals surface area contributed by atoms with Gasteiger partial charge in [-0.1, -0.05) is 56.3 Å². The molecule has 0 spiro atoms. The first-order valence-corrected chi connectivity index (χ1v) is 12.7. The predicted octanol–water partition coefficient (Wildman–Crippen LogP) is 8.25. The van der Waals surface area contributed by atoms with Crippen molar-refractivity contribution in [3.8, 4) is 16.8 Å². The molecule has 0 atom stereocenters. The lowest BCUT2D eigenvalue weighted by atomic mass is 9.82. The molecule has 0 saturated heterocycles. The van der Waals surface area contributed by atoms with E-state index in [9.17, 15) is 0 Å². The molecule has 0 amide bonds. The molecule has 1 aliphatic rings. The third-order valence-corrected chi connectivity index (χ3v) is 8.78. The molecule has 3 heterocycles. The van der Waals surface area contributed by atoms with Crippen LogP contribution >= 0.6 is 11.3 Å². The van der Waals surface area contributed by atoms with Gasteiger partial charge >= 0.3 is 0 Å². The number of aromatic nitrogens is 3. The Balaban J connectivity index is 1.47. The van der Waals surface area contributed by atoms with E-state index in [1.165, 1.54) is 59.8 Å². The van der Waals surface area contributed by atoms with Crippen LogP contribution in [0.15, 0.2) is 91.3 Å². The molecule has 0 bridgehead atoms. The number of nitrogens with zero attached hydrogens (tertiary/aromatic N) is 3. The zero-order chi connectivity index (χ0) is 23.3. The fourth-order valence-corrected chi connectivity index (χ4v) is 7.10. The molecule has 0 aliphatic heterocycles. The zero-order valence-corrected chi connectivity index (χ0v) is 20.2. The summed E-state index contributed by atoms with van der Waals surface area (Å²) in [4.78, 5) is 10.1. The van der Waals surface area contributed by atoms with Crippen molar-refractivity contribution in [3.05, 3.63) is 102 Å². The van der Waals surface area contributed by atoms with Crippen molar-refractivity contribution in [2.75, 3.05) is 0 Å².